The van der Waals surface area contributed by atoms with Crippen molar-refractivity contribution in [1.29, 1.82) is 0 Å². The Morgan fingerprint density at radius 2 is 2.10 bits per heavy atom. The van der Waals surface area contributed by atoms with Crippen LogP contribution in [-0.4, -0.2) is 17.6 Å². The molecule has 1 saturated heterocycles. The number of rotatable bonds is 0. The SMILES string of the molecule is C[C@@H]1OC(S)C[C@H](C)[C@H]1N. The third kappa shape index (κ3) is 1.65. The zero-order valence-corrected chi connectivity index (χ0v) is 7.34. The minimum Gasteiger partial charge on any atom is -0.363 e. The quantitative estimate of drug-likeness (QED) is 0.520. The molecule has 1 heterocycles. The minimum atomic E-state index is 0.0878. The highest BCUT2D eigenvalue weighted by Gasteiger charge is 2.29. The van der Waals surface area contributed by atoms with E-state index in [9.17, 15) is 0 Å². The summed E-state index contributed by atoms with van der Waals surface area (Å²) >= 11 is 4.24. The van der Waals surface area contributed by atoms with Crippen LogP contribution in [0.5, 0.6) is 0 Å². The first-order valence-corrected chi connectivity index (χ1v) is 4.22. The zero-order valence-electron chi connectivity index (χ0n) is 6.45. The van der Waals surface area contributed by atoms with Gasteiger partial charge < -0.3 is 10.5 Å². The molecule has 1 rings (SSSR count). The molecule has 10 heavy (non-hydrogen) atoms. The Balaban J connectivity index is 2.49. The van der Waals surface area contributed by atoms with Gasteiger partial charge in [0.1, 0.15) is 5.44 Å². The number of hydrogen-bond donors (Lipinski definition) is 2. The van der Waals surface area contributed by atoms with E-state index in [4.69, 9.17) is 10.5 Å². The topological polar surface area (TPSA) is 35.2 Å². The minimum absolute atomic E-state index is 0.0878. The summed E-state index contributed by atoms with van der Waals surface area (Å²) in [5.74, 6) is 0.534. The maximum Gasteiger partial charge on any atom is 0.101 e. The molecule has 2 nitrogen and oxygen atoms in total. The number of ether oxygens (including phenoxy) is 1. The molecule has 0 aromatic carbocycles. The molecule has 1 fully saturated rings. The number of nitrogens with two attached hydrogens (primary N) is 1. The maximum absolute atomic E-state index is 5.83. The monoisotopic (exact) mass is 161 g/mol. The smallest absolute Gasteiger partial charge is 0.101 e. The molecule has 0 aliphatic carbocycles. The molecule has 60 valence electrons. The first-order valence-electron chi connectivity index (χ1n) is 3.70. The first kappa shape index (κ1) is 8.37. The van der Waals surface area contributed by atoms with E-state index in [1.807, 2.05) is 6.92 Å². The highest BCUT2D eigenvalue weighted by atomic mass is 32.1. The van der Waals surface area contributed by atoms with Gasteiger partial charge in [-0.25, -0.2) is 0 Å². The fourth-order valence-corrected chi connectivity index (χ4v) is 1.86. The van der Waals surface area contributed by atoms with Crippen molar-refractivity contribution in [3.8, 4) is 0 Å². The lowest BCUT2D eigenvalue weighted by Crippen LogP contribution is -2.46. The molecule has 1 aliphatic rings. The highest BCUT2D eigenvalue weighted by molar-refractivity contribution is 7.80. The van der Waals surface area contributed by atoms with Crippen molar-refractivity contribution in [3.05, 3.63) is 0 Å². The van der Waals surface area contributed by atoms with Gasteiger partial charge in [-0.2, -0.15) is 0 Å². The van der Waals surface area contributed by atoms with Crippen molar-refractivity contribution in [2.75, 3.05) is 0 Å². The second-order valence-electron chi connectivity index (χ2n) is 3.09. The van der Waals surface area contributed by atoms with Crippen molar-refractivity contribution in [2.45, 2.75) is 37.9 Å². The van der Waals surface area contributed by atoms with Gasteiger partial charge in [0.25, 0.3) is 0 Å². The van der Waals surface area contributed by atoms with Crippen molar-refractivity contribution < 1.29 is 4.74 Å². The van der Waals surface area contributed by atoms with Gasteiger partial charge >= 0.3 is 0 Å². The zero-order chi connectivity index (χ0) is 7.72. The van der Waals surface area contributed by atoms with Crippen molar-refractivity contribution >= 4 is 12.6 Å². The van der Waals surface area contributed by atoms with Crippen LogP contribution in [0.2, 0.25) is 0 Å². The molecular formula is C7H15NOS. The largest absolute Gasteiger partial charge is 0.363 e. The molecule has 1 aliphatic heterocycles. The summed E-state index contributed by atoms with van der Waals surface area (Å²) in [5, 5.41) is 0. The summed E-state index contributed by atoms with van der Waals surface area (Å²) in [6.45, 7) is 4.15. The summed E-state index contributed by atoms with van der Waals surface area (Å²) in [5.41, 5.74) is 5.91. The van der Waals surface area contributed by atoms with Crippen LogP contribution >= 0.6 is 12.6 Å². The number of hydrogen-bond acceptors (Lipinski definition) is 3. The summed E-state index contributed by atoms with van der Waals surface area (Å²) in [4.78, 5) is 0. The average Bonchev–Trinajstić information content (AvgIpc) is 1.82. The third-order valence-electron chi connectivity index (χ3n) is 2.14. The fourth-order valence-electron chi connectivity index (χ4n) is 1.33. The molecule has 2 N–H and O–H groups in total. The standard InChI is InChI=1S/C7H15NOS/c1-4-3-6(10)9-5(2)7(4)8/h4-7,10H,3,8H2,1-2H3/t4-,5-,6?,7+/m0/s1. The third-order valence-corrected chi connectivity index (χ3v) is 2.48. The van der Waals surface area contributed by atoms with Gasteiger partial charge in [-0.1, -0.05) is 6.92 Å². The van der Waals surface area contributed by atoms with E-state index in [1.54, 1.807) is 0 Å². The van der Waals surface area contributed by atoms with Crippen molar-refractivity contribution in [2.24, 2.45) is 11.7 Å². The van der Waals surface area contributed by atoms with Gasteiger partial charge in [0.05, 0.1) is 6.10 Å². The van der Waals surface area contributed by atoms with Gasteiger partial charge in [-0.15, -0.1) is 12.6 Å². The lowest BCUT2D eigenvalue weighted by Gasteiger charge is -2.35. The first-order chi connectivity index (χ1) is 4.61. The number of thiol groups is 1. The van der Waals surface area contributed by atoms with Crippen LogP contribution in [0, 0.1) is 5.92 Å². The Kier molecular flexibility index (Phi) is 2.61. The van der Waals surface area contributed by atoms with E-state index in [0.29, 0.717) is 5.92 Å². The molecule has 0 saturated carbocycles. The van der Waals surface area contributed by atoms with Gasteiger partial charge in [0.15, 0.2) is 0 Å². The van der Waals surface area contributed by atoms with Gasteiger partial charge in [0.2, 0.25) is 0 Å². The molecule has 1 unspecified atom stereocenters. The van der Waals surface area contributed by atoms with E-state index < -0.39 is 0 Å². The van der Waals surface area contributed by atoms with Gasteiger partial charge in [-0.05, 0) is 19.3 Å². The Morgan fingerprint density at radius 1 is 1.50 bits per heavy atom. The van der Waals surface area contributed by atoms with Crippen LogP contribution in [0.3, 0.4) is 0 Å². The van der Waals surface area contributed by atoms with E-state index >= 15 is 0 Å². The lowest BCUT2D eigenvalue weighted by molar-refractivity contribution is -0.0273. The second kappa shape index (κ2) is 3.11. The molecule has 4 atom stereocenters. The average molecular weight is 161 g/mol. The highest BCUT2D eigenvalue weighted by Crippen LogP contribution is 2.24. The molecule has 0 aromatic rings. The fraction of sp³-hybridized carbons (Fsp3) is 1.00. The van der Waals surface area contributed by atoms with Crippen LogP contribution < -0.4 is 5.73 Å². The van der Waals surface area contributed by atoms with Crippen LogP contribution in [0.1, 0.15) is 20.3 Å². The Labute approximate surface area is 67.5 Å². The summed E-state index contributed by atoms with van der Waals surface area (Å²) in [6, 6.07) is 0.184. The Bertz CT molecular complexity index is 108. The maximum atomic E-state index is 5.83. The van der Waals surface area contributed by atoms with E-state index in [0.717, 1.165) is 6.42 Å². The van der Waals surface area contributed by atoms with Crippen LogP contribution in [0.25, 0.3) is 0 Å². The van der Waals surface area contributed by atoms with E-state index in [1.165, 1.54) is 0 Å². The molecule has 0 bridgehead atoms. The van der Waals surface area contributed by atoms with Gasteiger partial charge in [-0.3, -0.25) is 0 Å². The van der Waals surface area contributed by atoms with E-state index in [-0.39, 0.29) is 17.6 Å². The Morgan fingerprint density at radius 3 is 2.60 bits per heavy atom. The van der Waals surface area contributed by atoms with Gasteiger partial charge in [0, 0.05) is 6.04 Å². The predicted octanol–water partition coefficient (Wildman–Crippen LogP) is 1.01. The lowest BCUT2D eigenvalue weighted by atomic mass is 9.93. The van der Waals surface area contributed by atoms with Crippen LogP contribution in [-0.2, 0) is 4.74 Å². The molecule has 0 amide bonds. The predicted molar refractivity (Wildman–Crippen MR) is 45.1 cm³/mol. The van der Waals surface area contributed by atoms with Crippen molar-refractivity contribution in [3.63, 3.8) is 0 Å². The summed E-state index contributed by atoms with van der Waals surface area (Å²) in [6.07, 6.45) is 1.13. The molecule has 3 heteroatoms. The summed E-state index contributed by atoms with van der Waals surface area (Å²) < 4.78 is 5.41. The van der Waals surface area contributed by atoms with Crippen LogP contribution in [0.15, 0.2) is 0 Å². The molecule has 0 spiro atoms. The van der Waals surface area contributed by atoms with E-state index in [2.05, 4.69) is 19.6 Å². The molecule has 0 radical (unpaired) electrons. The second-order valence-corrected chi connectivity index (χ2v) is 3.66. The van der Waals surface area contributed by atoms with Crippen molar-refractivity contribution in [1.82, 2.24) is 0 Å². The summed E-state index contributed by atoms with van der Waals surface area (Å²) in [7, 11) is 0. The van der Waals surface area contributed by atoms with Crippen LogP contribution in [0.4, 0.5) is 0 Å². The molecular weight excluding hydrogens is 146 g/mol. The Hall–Kier alpha value is 0.270. The molecule has 0 aromatic heterocycles. The normalized spacial score (nSPS) is 49.2.